The van der Waals surface area contributed by atoms with Gasteiger partial charge in [-0.15, -0.1) is 0 Å². The van der Waals surface area contributed by atoms with Gasteiger partial charge in [-0.05, 0) is 74.9 Å². The Bertz CT molecular complexity index is 435. The smallest absolute Gasteiger partial charge is 0.122 e. The molecule has 2 heterocycles. The first-order valence-corrected chi connectivity index (χ1v) is 7.99. The van der Waals surface area contributed by atoms with Crippen molar-refractivity contribution in [2.45, 2.75) is 32.1 Å². The fourth-order valence-corrected chi connectivity index (χ4v) is 3.49. The molecular weight excluding hydrogens is 248 g/mol. The summed E-state index contributed by atoms with van der Waals surface area (Å²) in [6, 6.07) is 6.74. The predicted octanol–water partition coefficient (Wildman–Crippen LogP) is 2.84. The second-order valence-electron chi connectivity index (χ2n) is 6.09. The molecule has 0 spiro atoms. The number of nitrogens with zero attached hydrogens (tertiary/aromatic N) is 1. The number of benzene rings is 1. The third-order valence-corrected chi connectivity index (χ3v) is 4.70. The van der Waals surface area contributed by atoms with Crippen molar-refractivity contribution < 1.29 is 4.74 Å². The molecular formula is C17H26N2O. The summed E-state index contributed by atoms with van der Waals surface area (Å²) >= 11 is 0. The van der Waals surface area contributed by atoms with E-state index in [4.69, 9.17) is 4.74 Å². The maximum atomic E-state index is 5.57. The molecule has 0 saturated carbocycles. The van der Waals surface area contributed by atoms with Gasteiger partial charge in [0.15, 0.2) is 0 Å². The van der Waals surface area contributed by atoms with Crippen molar-refractivity contribution in [2.24, 2.45) is 5.92 Å². The van der Waals surface area contributed by atoms with Gasteiger partial charge in [-0.25, -0.2) is 0 Å². The van der Waals surface area contributed by atoms with Crippen molar-refractivity contribution in [3.63, 3.8) is 0 Å². The summed E-state index contributed by atoms with van der Waals surface area (Å²) in [5.74, 6) is 1.87. The van der Waals surface area contributed by atoms with Gasteiger partial charge in [0.25, 0.3) is 0 Å². The minimum atomic E-state index is 0.805. The Labute approximate surface area is 122 Å². The van der Waals surface area contributed by atoms with Gasteiger partial charge >= 0.3 is 0 Å². The van der Waals surface area contributed by atoms with Gasteiger partial charge in [0.1, 0.15) is 5.75 Å². The van der Waals surface area contributed by atoms with Crippen LogP contribution in [0.25, 0.3) is 0 Å². The topological polar surface area (TPSA) is 24.5 Å². The Hall–Kier alpha value is -1.22. The van der Waals surface area contributed by atoms with Gasteiger partial charge in [0, 0.05) is 18.8 Å². The monoisotopic (exact) mass is 274 g/mol. The van der Waals surface area contributed by atoms with Crippen molar-refractivity contribution in [1.82, 2.24) is 5.32 Å². The Morgan fingerprint density at radius 2 is 1.95 bits per heavy atom. The Kier molecular flexibility index (Phi) is 4.46. The van der Waals surface area contributed by atoms with Gasteiger partial charge in [0.2, 0.25) is 0 Å². The predicted molar refractivity (Wildman–Crippen MR) is 83.7 cm³/mol. The van der Waals surface area contributed by atoms with Crippen LogP contribution in [0.5, 0.6) is 5.75 Å². The van der Waals surface area contributed by atoms with Crippen LogP contribution >= 0.6 is 0 Å². The molecule has 2 fully saturated rings. The second kappa shape index (κ2) is 6.49. The Morgan fingerprint density at radius 1 is 1.20 bits per heavy atom. The van der Waals surface area contributed by atoms with Crippen molar-refractivity contribution in [3.8, 4) is 5.75 Å². The van der Waals surface area contributed by atoms with E-state index in [1.54, 1.807) is 7.11 Å². The SMILES string of the molecule is COc1ccc(N2CCCC2)cc1CC1CCNCC1. The maximum Gasteiger partial charge on any atom is 0.122 e. The van der Waals surface area contributed by atoms with E-state index >= 15 is 0 Å². The lowest BCUT2D eigenvalue weighted by Gasteiger charge is -2.25. The first kappa shape index (κ1) is 13.7. The van der Waals surface area contributed by atoms with E-state index < -0.39 is 0 Å². The quantitative estimate of drug-likeness (QED) is 0.913. The summed E-state index contributed by atoms with van der Waals surface area (Å²) in [5, 5.41) is 3.45. The van der Waals surface area contributed by atoms with E-state index in [0.717, 1.165) is 18.1 Å². The van der Waals surface area contributed by atoms with Gasteiger partial charge in [-0.1, -0.05) is 0 Å². The van der Waals surface area contributed by atoms with Crippen LogP contribution in [-0.2, 0) is 6.42 Å². The minimum absolute atomic E-state index is 0.805. The molecule has 20 heavy (non-hydrogen) atoms. The van der Waals surface area contributed by atoms with Crippen LogP contribution in [0.4, 0.5) is 5.69 Å². The standard InChI is InChI=1S/C17H26N2O/c1-20-17-5-4-16(19-10-2-3-11-19)13-15(17)12-14-6-8-18-9-7-14/h4-5,13-14,18H,2-3,6-12H2,1H3. The fraction of sp³-hybridized carbons (Fsp3) is 0.647. The molecule has 0 bridgehead atoms. The molecule has 0 radical (unpaired) electrons. The molecule has 0 atom stereocenters. The van der Waals surface area contributed by atoms with E-state index in [9.17, 15) is 0 Å². The number of hydrogen-bond acceptors (Lipinski definition) is 3. The lowest BCUT2D eigenvalue weighted by molar-refractivity contribution is 0.361. The molecule has 1 N–H and O–H groups in total. The number of hydrogen-bond donors (Lipinski definition) is 1. The summed E-state index contributed by atoms with van der Waals surface area (Å²) in [5.41, 5.74) is 2.77. The van der Waals surface area contributed by atoms with Crippen LogP contribution < -0.4 is 15.0 Å². The van der Waals surface area contributed by atoms with Gasteiger partial charge in [-0.2, -0.15) is 0 Å². The summed E-state index contributed by atoms with van der Waals surface area (Å²) in [4.78, 5) is 2.51. The molecule has 110 valence electrons. The number of ether oxygens (including phenoxy) is 1. The largest absolute Gasteiger partial charge is 0.496 e. The zero-order valence-electron chi connectivity index (χ0n) is 12.5. The van der Waals surface area contributed by atoms with Crippen LogP contribution in [0, 0.1) is 5.92 Å². The molecule has 0 unspecified atom stereocenters. The number of nitrogens with one attached hydrogen (secondary N) is 1. The Morgan fingerprint density at radius 3 is 2.65 bits per heavy atom. The first-order chi connectivity index (χ1) is 9.86. The molecule has 2 aliphatic rings. The number of piperidine rings is 1. The number of anilines is 1. The summed E-state index contributed by atoms with van der Waals surface area (Å²) in [6.45, 7) is 4.75. The molecule has 2 aliphatic heterocycles. The average molecular weight is 274 g/mol. The number of rotatable bonds is 4. The highest BCUT2D eigenvalue weighted by Crippen LogP contribution is 2.30. The lowest BCUT2D eigenvalue weighted by atomic mass is 9.90. The molecule has 3 heteroatoms. The fourth-order valence-electron chi connectivity index (χ4n) is 3.49. The summed E-state index contributed by atoms with van der Waals surface area (Å²) < 4.78 is 5.57. The first-order valence-electron chi connectivity index (χ1n) is 7.99. The van der Waals surface area contributed by atoms with E-state index in [-0.39, 0.29) is 0 Å². The highest BCUT2D eigenvalue weighted by atomic mass is 16.5. The van der Waals surface area contributed by atoms with Crippen molar-refractivity contribution in [3.05, 3.63) is 23.8 Å². The van der Waals surface area contributed by atoms with E-state index in [0.29, 0.717) is 0 Å². The molecule has 1 aromatic rings. The average Bonchev–Trinajstić information content (AvgIpc) is 3.02. The molecule has 0 amide bonds. The third-order valence-electron chi connectivity index (χ3n) is 4.70. The van der Waals surface area contributed by atoms with E-state index in [1.807, 2.05) is 0 Å². The molecule has 3 rings (SSSR count). The highest BCUT2D eigenvalue weighted by Gasteiger charge is 2.18. The molecule has 3 nitrogen and oxygen atoms in total. The van der Waals surface area contributed by atoms with Gasteiger partial charge in [0.05, 0.1) is 7.11 Å². The number of methoxy groups -OCH3 is 1. The molecule has 2 saturated heterocycles. The van der Waals surface area contributed by atoms with Crippen LogP contribution in [0.2, 0.25) is 0 Å². The van der Waals surface area contributed by atoms with Gasteiger partial charge in [-0.3, -0.25) is 0 Å². The van der Waals surface area contributed by atoms with Crippen molar-refractivity contribution >= 4 is 5.69 Å². The van der Waals surface area contributed by atoms with E-state index in [2.05, 4.69) is 28.4 Å². The van der Waals surface area contributed by atoms with Crippen LogP contribution in [0.15, 0.2) is 18.2 Å². The highest BCUT2D eigenvalue weighted by molar-refractivity contribution is 5.54. The molecule has 0 aliphatic carbocycles. The minimum Gasteiger partial charge on any atom is -0.496 e. The van der Waals surface area contributed by atoms with Gasteiger partial charge < -0.3 is 15.0 Å². The molecule has 1 aromatic carbocycles. The maximum absolute atomic E-state index is 5.57. The van der Waals surface area contributed by atoms with E-state index in [1.165, 1.54) is 63.1 Å². The van der Waals surface area contributed by atoms with Crippen LogP contribution in [0.1, 0.15) is 31.2 Å². The lowest BCUT2D eigenvalue weighted by Crippen LogP contribution is -2.28. The summed E-state index contributed by atoms with van der Waals surface area (Å²) in [6.07, 6.45) is 6.39. The summed E-state index contributed by atoms with van der Waals surface area (Å²) in [7, 11) is 1.79. The van der Waals surface area contributed by atoms with Crippen LogP contribution in [0.3, 0.4) is 0 Å². The second-order valence-corrected chi connectivity index (χ2v) is 6.09. The Balaban J connectivity index is 1.76. The zero-order chi connectivity index (χ0) is 13.8. The van der Waals surface area contributed by atoms with Crippen LogP contribution in [-0.4, -0.2) is 33.3 Å². The van der Waals surface area contributed by atoms with Crippen molar-refractivity contribution in [1.29, 1.82) is 0 Å². The molecule has 0 aromatic heterocycles. The zero-order valence-corrected chi connectivity index (χ0v) is 12.5. The van der Waals surface area contributed by atoms with Crippen molar-refractivity contribution in [2.75, 3.05) is 38.2 Å². The third kappa shape index (κ3) is 3.09. The normalized spacial score (nSPS) is 20.4.